The van der Waals surface area contributed by atoms with E-state index in [1.807, 2.05) is 6.92 Å². The molecule has 2 aromatic carbocycles. The van der Waals surface area contributed by atoms with Gasteiger partial charge in [-0.15, -0.1) is 0 Å². The molecule has 0 bridgehead atoms. The molecule has 0 fully saturated rings. The number of benzene rings is 2. The number of hydrogen-bond acceptors (Lipinski definition) is 7. The van der Waals surface area contributed by atoms with Crippen LogP contribution >= 0.6 is 11.8 Å². The second-order valence-electron chi connectivity index (χ2n) is 8.21. The molecule has 1 aromatic heterocycles. The lowest BCUT2D eigenvalue weighted by atomic mass is 10.1. The van der Waals surface area contributed by atoms with Gasteiger partial charge in [-0.1, -0.05) is 25.1 Å². The average molecular weight is 558 g/mol. The normalized spacial score (nSPS) is 11.0. The number of thioether (sulfide) groups is 1. The highest BCUT2D eigenvalue weighted by molar-refractivity contribution is 8.00. The first-order chi connectivity index (χ1) is 18.7. The summed E-state index contributed by atoms with van der Waals surface area (Å²) in [7, 11) is 0. The molecule has 0 aliphatic rings. The summed E-state index contributed by atoms with van der Waals surface area (Å²) in [6.07, 6.45) is -2.96. The number of pyridine rings is 1. The number of alkyl halides is 3. The Hall–Kier alpha value is -4.04. The number of anilines is 1. The molecule has 1 heterocycles. The van der Waals surface area contributed by atoms with Crippen LogP contribution in [0.25, 0.3) is 11.3 Å². The van der Waals surface area contributed by atoms with Gasteiger partial charge in [-0.3, -0.25) is 4.79 Å². The third kappa shape index (κ3) is 8.22. The summed E-state index contributed by atoms with van der Waals surface area (Å²) in [5.74, 6) is -0.743. The van der Waals surface area contributed by atoms with E-state index in [9.17, 15) is 28.0 Å². The molecule has 0 radical (unpaired) electrons. The number of ether oxygens (including phenoxy) is 2. The monoisotopic (exact) mass is 557 g/mol. The van der Waals surface area contributed by atoms with Crippen molar-refractivity contribution in [2.45, 2.75) is 37.9 Å². The van der Waals surface area contributed by atoms with E-state index in [-0.39, 0.29) is 23.1 Å². The highest BCUT2D eigenvalue weighted by atomic mass is 32.2. The number of amides is 1. The van der Waals surface area contributed by atoms with Crippen molar-refractivity contribution in [3.63, 3.8) is 0 Å². The molecule has 0 aliphatic heterocycles. The van der Waals surface area contributed by atoms with E-state index in [1.54, 1.807) is 37.3 Å². The molecule has 0 saturated carbocycles. The molecular weight excluding hydrogens is 531 g/mol. The third-order valence-electron chi connectivity index (χ3n) is 5.34. The van der Waals surface area contributed by atoms with Crippen LogP contribution in [0.15, 0.2) is 59.6 Å². The van der Waals surface area contributed by atoms with E-state index < -0.39 is 29.2 Å². The summed E-state index contributed by atoms with van der Waals surface area (Å²) in [6, 6.07) is 14.9. The highest BCUT2D eigenvalue weighted by Gasteiger charge is 2.36. The Morgan fingerprint density at radius 3 is 2.36 bits per heavy atom. The lowest BCUT2D eigenvalue weighted by Crippen LogP contribution is -2.15. The van der Waals surface area contributed by atoms with E-state index in [4.69, 9.17) is 9.47 Å². The topological polar surface area (TPSA) is 101 Å². The van der Waals surface area contributed by atoms with Crippen molar-refractivity contribution in [1.82, 2.24) is 4.98 Å². The van der Waals surface area contributed by atoms with Crippen LogP contribution < -0.4 is 10.1 Å². The summed E-state index contributed by atoms with van der Waals surface area (Å²) in [4.78, 5) is 28.6. The summed E-state index contributed by atoms with van der Waals surface area (Å²) in [5, 5.41) is 11.9. The fourth-order valence-corrected chi connectivity index (χ4v) is 4.20. The molecule has 1 amide bonds. The molecular formula is C28H26F3N3O4S. The Labute approximate surface area is 228 Å². The number of halogens is 3. The van der Waals surface area contributed by atoms with Gasteiger partial charge >= 0.3 is 12.1 Å². The number of nitrogens with zero attached hydrogens (tertiary/aromatic N) is 2. The van der Waals surface area contributed by atoms with Gasteiger partial charge in [0.1, 0.15) is 16.8 Å². The van der Waals surface area contributed by atoms with Crippen LogP contribution in [0.3, 0.4) is 0 Å². The average Bonchev–Trinajstić information content (AvgIpc) is 2.92. The van der Waals surface area contributed by atoms with Gasteiger partial charge in [0.15, 0.2) is 0 Å². The van der Waals surface area contributed by atoms with Crippen molar-refractivity contribution >= 4 is 29.3 Å². The lowest BCUT2D eigenvalue weighted by Gasteiger charge is -2.14. The Kier molecular flexibility index (Phi) is 10.3. The predicted octanol–water partition coefficient (Wildman–Crippen LogP) is 6.73. The molecule has 3 rings (SSSR count). The van der Waals surface area contributed by atoms with Crippen LogP contribution in [0, 0.1) is 11.3 Å². The van der Waals surface area contributed by atoms with Crippen molar-refractivity contribution in [3.05, 3.63) is 71.3 Å². The molecule has 0 spiro atoms. The number of rotatable bonds is 11. The van der Waals surface area contributed by atoms with Gasteiger partial charge in [0.2, 0.25) is 5.91 Å². The minimum absolute atomic E-state index is 0.0129. The van der Waals surface area contributed by atoms with Crippen molar-refractivity contribution in [2.24, 2.45) is 0 Å². The molecule has 0 unspecified atom stereocenters. The first-order valence-electron chi connectivity index (χ1n) is 12.1. The Bertz CT molecular complexity index is 1340. The molecule has 1 N–H and O–H groups in total. The number of esters is 1. The molecule has 3 aromatic rings. The zero-order valence-electron chi connectivity index (χ0n) is 21.3. The van der Waals surface area contributed by atoms with Crippen molar-refractivity contribution < 1.29 is 32.2 Å². The molecule has 11 heteroatoms. The van der Waals surface area contributed by atoms with Crippen LogP contribution in [-0.4, -0.2) is 35.8 Å². The van der Waals surface area contributed by atoms with Crippen LogP contribution in [0.4, 0.5) is 18.9 Å². The molecule has 204 valence electrons. The second kappa shape index (κ2) is 13.7. The molecule has 0 saturated heterocycles. The lowest BCUT2D eigenvalue weighted by molar-refractivity contribution is -0.138. The third-order valence-corrected chi connectivity index (χ3v) is 6.32. The van der Waals surface area contributed by atoms with Crippen LogP contribution in [0.1, 0.15) is 48.2 Å². The number of nitriles is 1. The summed E-state index contributed by atoms with van der Waals surface area (Å²) >= 11 is 0.725. The summed E-state index contributed by atoms with van der Waals surface area (Å²) in [6.45, 7) is 4.47. The number of nitrogens with one attached hydrogen (secondary N) is 1. The van der Waals surface area contributed by atoms with Crippen molar-refractivity contribution in [1.29, 1.82) is 5.26 Å². The zero-order chi connectivity index (χ0) is 28.4. The standard InChI is InChI=1S/C28H26F3N3O4S/c1-3-5-14-38-21-12-8-18(9-13-21)24-15-23(28(29,30)31)22(16-32)26(34-24)39-17-25(35)33-20-10-6-19(7-11-20)27(36)37-4-2/h6-13,15H,3-5,14,17H2,1-2H3,(H,33,35). The number of carbonyl (C=O) groups is 2. The van der Waals surface area contributed by atoms with Gasteiger partial charge in [-0.25, -0.2) is 9.78 Å². The minimum Gasteiger partial charge on any atom is -0.494 e. The quantitative estimate of drug-likeness (QED) is 0.159. The van der Waals surface area contributed by atoms with Crippen LogP contribution in [-0.2, 0) is 15.7 Å². The van der Waals surface area contributed by atoms with Gasteiger partial charge < -0.3 is 14.8 Å². The Balaban J connectivity index is 1.79. The first-order valence-corrected chi connectivity index (χ1v) is 13.1. The fourth-order valence-electron chi connectivity index (χ4n) is 3.40. The van der Waals surface area contributed by atoms with E-state index in [2.05, 4.69) is 10.3 Å². The van der Waals surface area contributed by atoms with Gasteiger partial charge in [-0.2, -0.15) is 18.4 Å². The summed E-state index contributed by atoms with van der Waals surface area (Å²) in [5.41, 5.74) is -0.671. The van der Waals surface area contributed by atoms with E-state index >= 15 is 0 Å². The maximum absolute atomic E-state index is 13.9. The number of unbranched alkanes of at least 4 members (excludes halogenated alkanes) is 1. The number of hydrogen-bond donors (Lipinski definition) is 1. The van der Waals surface area contributed by atoms with Crippen LogP contribution in [0.5, 0.6) is 5.75 Å². The van der Waals surface area contributed by atoms with Gasteiger partial charge in [0.25, 0.3) is 0 Å². The number of aromatic nitrogens is 1. The van der Waals surface area contributed by atoms with Gasteiger partial charge in [-0.05, 0) is 67.9 Å². The molecule has 7 nitrogen and oxygen atoms in total. The highest BCUT2D eigenvalue weighted by Crippen LogP contribution is 2.38. The van der Waals surface area contributed by atoms with Crippen molar-refractivity contribution in [2.75, 3.05) is 24.3 Å². The minimum atomic E-state index is -4.80. The SMILES string of the molecule is CCCCOc1ccc(-c2cc(C(F)(F)F)c(C#N)c(SCC(=O)Nc3ccc(C(=O)OCC)cc3)n2)cc1. The Morgan fingerprint density at radius 1 is 1.08 bits per heavy atom. The maximum Gasteiger partial charge on any atom is 0.417 e. The first kappa shape index (κ1) is 29.5. The van der Waals surface area contributed by atoms with E-state index in [1.165, 1.54) is 24.3 Å². The molecule has 39 heavy (non-hydrogen) atoms. The zero-order valence-corrected chi connectivity index (χ0v) is 22.1. The van der Waals surface area contributed by atoms with Gasteiger partial charge in [0.05, 0.1) is 41.4 Å². The largest absolute Gasteiger partial charge is 0.494 e. The smallest absolute Gasteiger partial charge is 0.417 e. The van der Waals surface area contributed by atoms with Crippen LogP contribution in [0.2, 0.25) is 0 Å². The second-order valence-corrected chi connectivity index (χ2v) is 9.17. The molecule has 0 atom stereocenters. The fraction of sp³-hybridized carbons (Fsp3) is 0.286. The Morgan fingerprint density at radius 2 is 1.77 bits per heavy atom. The maximum atomic E-state index is 13.9. The van der Waals surface area contributed by atoms with Gasteiger partial charge in [0, 0.05) is 11.3 Å². The van der Waals surface area contributed by atoms with Crippen molar-refractivity contribution in [3.8, 4) is 23.1 Å². The predicted molar refractivity (Wildman–Crippen MR) is 142 cm³/mol. The summed E-state index contributed by atoms with van der Waals surface area (Å²) < 4.78 is 52.1. The van der Waals surface area contributed by atoms with E-state index in [0.717, 1.165) is 30.7 Å². The van der Waals surface area contributed by atoms with E-state index in [0.29, 0.717) is 29.2 Å². The number of carbonyl (C=O) groups excluding carboxylic acids is 2. The molecule has 0 aliphatic carbocycles.